The molecular weight excluding hydrogens is 475 g/mol. The molecule has 3 aromatic carbocycles. The summed E-state index contributed by atoms with van der Waals surface area (Å²) in [6, 6.07) is 17.2. The Bertz CT molecular complexity index is 1340. The highest BCUT2D eigenvalue weighted by atomic mass is 32.2. The van der Waals surface area contributed by atoms with Crippen molar-refractivity contribution >= 4 is 34.7 Å². The van der Waals surface area contributed by atoms with Gasteiger partial charge in [0.1, 0.15) is 12.4 Å². The van der Waals surface area contributed by atoms with Crippen LogP contribution in [0.3, 0.4) is 0 Å². The van der Waals surface area contributed by atoms with Gasteiger partial charge in [-0.15, -0.1) is 0 Å². The Balaban J connectivity index is 1.51. The number of amides is 2. The summed E-state index contributed by atoms with van der Waals surface area (Å²) in [7, 11) is 1.45. The number of hydrogen-bond donors (Lipinski definition) is 0. The van der Waals surface area contributed by atoms with Gasteiger partial charge >= 0.3 is 0 Å². The smallest absolute Gasteiger partial charge is 0.293 e. The standard InChI is InChI=1S/C25H19FN2O6S/c1-33-22-12-16(10-11-21(22)34-15-18-7-2-4-8-19(18)26)13-23-24(29)27(25(30)35-23)14-17-6-3-5-9-20(17)28(31)32/h2-13H,14-15H2,1H3/b23-13+. The van der Waals surface area contributed by atoms with Crippen LogP contribution >= 0.6 is 11.8 Å². The molecule has 0 aliphatic carbocycles. The van der Waals surface area contributed by atoms with Crippen LogP contribution in [0.4, 0.5) is 14.9 Å². The minimum Gasteiger partial charge on any atom is -0.493 e. The van der Waals surface area contributed by atoms with E-state index in [1.807, 2.05) is 0 Å². The highest BCUT2D eigenvalue weighted by Gasteiger charge is 2.36. The number of nitrogens with zero attached hydrogens (tertiary/aromatic N) is 2. The average Bonchev–Trinajstić information content (AvgIpc) is 3.11. The summed E-state index contributed by atoms with van der Waals surface area (Å²) in [4.78, 5) is 37.2. The summed E-state index contributed by atoms with van der Waals surface area (Å²) >= 11 is 0.752. The van der Waals surface area contributed by atoms with Gasteiger partial charge in [-0.1, -0.05) is 42.5 Å². The zero-order valence-corrected chi connectivity index (χ0v) is 19.3. The van der Waals surface area contributed by atoms with Crippen molar-refractivity contribution in [3.05, 3.63) is 104 Å². The number of carbonyl (C=O) groups is 2. The van der Waals surface area contributed by atoms with Gasteiger partial charge in [0.2, 0.25) is 0 Å². The maximum atomic E-state index is 13.8. The lowest BCUT2D eigenvalue weighted by molar-refractivity contribution is -0.385. The third-order valence-electron chi connectivity index (χ3n) is 5.22. The van der Waals surface area contributed by atoms with Crippen LogP contribution in [0.25, 0.3) is 6.08 Å². The lowest BCUT2D eigenvalue weighted by Crippen LogP contribution is -2.27. The summed E-state index contributed by atoms with van der Waals surface area (Å²) in [5.74, 6) is -0.164. The highest BCUT2D eigenvalue weighted by Crippen LogP contribution is 2.36. The minimum absolute atomic E-state index is 0.00684. The molecule has 35 heavy (non-hydrogen) atoms. The van der Waals surface area contributed by atoms with Gasteiger partial charge in [0.15, 0.2) is 11.5 Å². The fourth-order valence-corrected chi connectivity index (χ4v) is 4.28. The maximum Gasteiger partial charge on any atom is 0.293 e. The maximum absolute atomic E-state index is 13.8. The van der Waals surface area contributed by atoms with E-state index in [2.05, 4.69) is 0 Å². The predicted octanol–water partition coefficient (Wildman–Crippen LogP) is 5.56. The van der Waals surface area contributed by atoms with E-state index < -0.39 is 16.1 Å². The van der Waals surface area contributed by atoms with Crippen LogP contribution in [0.5, 0.6) is 11.5 Å². The molecule has 0 spiro atoms. The second kappa shape index (κ2) is 10.4. The van der Waals surface area contributed by atoms with Crippen molar-refractivity contribution in [3.8, 4) is 11.5 Å². The summed E-state index contributed by atoms with van der Waals surface area (Å²) < 4.78 is 24.9. The molecule has 0 unspecified atom stereocenters. The molecule has 2 amide bonds. The Morgan fingerprint density at radius 3 is 2.46 bits per heavy atom. The third-order valence-corrected chi connectivity index (χ3v) is 6.12. The van der Waals surface area contributed by atoms with Crippen LogP contribution in [0.1, 0.15) is 16.7 Å². The van der Waals surface area contributed by atoms with E-state index in [0.717, 1.165) is 16.7 Å². The number of methoxy groups -OCH3 is 1. The third kappa shape index (κ3) is 5.33. The largest absolute Gasteiger partial charge is 0.493 e. The number of rotatable bonds is 8. The van der Waals surface area contributed by atoms with Crippen molar-refractivity contribution in [2.75, 3.05) is 7.11 Å². The van der Waals surface area contributed by atoms with E-state index in [1.165, 1.54) is 37.5 Å². The monoisotopic (exact) mass is 494 g/mol. The molecular formula is C25H19FN2O6S. The van der Waals surface area contributed by atoms with E-state index in [1.54, 1.807) is 42.5 Å². The van der Waals surface area contributed by atoms with E-state index >= 15 is 0 Å². The number of nitro groups is 1. The molecule has 178 valence electrons. The molecule has 1 saturated heterocycles. The van der Waals surface area contributed by atoms with Crippen molar-refractivity contribution in [2.24, 2.45) is 0 Å². The molecule has 0 atom stereocenters. The van der Waals surface area contributed by atoms with Crippen molar-refractivity contribution in [2.45, 2.75) is 13.2 Å². The zero-order chi connectivity index (χ0) is 24.9. The molecule has 0 N–H and O–H groups in total. The fourth-order valence-electron chi connectivity index (χ4n) is 3.44. The van der Waals surface area contributed by atoms with Gasteiger partial charge in [-0.3, -0.25) is 24.6 Å². The topological polar surface area (TPSA) is 99.0 Å². The molecule has 3 aromatic rings. The first-order valence-electron chi connectivity index (χ1n) is 10.4. The number of carbonyl (C=O) groups excluding carboxylic acids is 2. The summed E-state index contributed by atoms with van der Waals surface area (Å²) in [6.07, 6.45) is 1.54. The number of thioether (sulfide) groups is 1. The van der Waals surface area contributed by atoms with E-state index in [-0.39, 0.29) is 35.1 Å². The number of ether oxygens (including phenoxy) is 2. The van der Waals surface area contributed by atoms with Gasteiger partial charge in [-0.05, 0) is 41.6 Å². The van der Waals surface area contributed by atoms with Gasteiger partial charge < -0.3 is 9.47 Å². The lowest BCUT2D eigenvalue weighted by atomic mass is 10.1. The van der Waals surface area contributed by atoms with Crippen molar-refractivity contribution in [1.82, 2.24) is 4.90 Å². The summed E-state index contributed by atoms with van der Waals surface area (Å²) in [6.45, 7) is -0.196. The van der Waals surface area contributed by atoms with Gasteiger partial charge in [-0.2, -0.15) is 0 Å². The molecule has 0 aromatic heterocycles. The number of imide groups is 1. The van der Waals surface area contributed by atoms with Gasteiger partial charge in [-0.25, -0.2) is 4.39 Å². The fraction of sp³-hybridized carbons (Fsp3) is 0.120. The summed E-state index contributed by atoms with van der Waals surface area (Å²) in [5, 5.41) is 10.7. The number of hydrogen-bond acceptors (Lipinski definition) is 7. The van der Waals surface area contributed by atoms with Crippen LogP contribution in [-0.2, 0) is 17.9 Å². The molecule has 0 radical (unpaired) electrons. The number of halogens is 1. The van der Waals surface area contributed by atoms with Crippen molar-refractivity contribution in [3.63, 3.8) is 0 Å². The molecule has 8 nitrogen and oxygen atoms in total. The minimum atomic E-state index is -0.549. The Morgan fingerprint density at radius 2 is 1.74 bits per heavy atom. The Kier molecular flexibility index (Phi) is 7.11. The molecule has 0 bridgehead atoms. The van der Waals surface area contributed by atoms with E-state index in [0.29, 0.717) is 22.6 Å². The molecule has 4 rings (SSSR count). The molecule has 1 heterocycles. The van der Waals surface area contributed by atoms with Gasteiger partial charge in [0.25, 0.3) is 16.8 Å². The molecule has 10 heteroatoms. The normalized spacial score (nSPS) is 14.5. The van der Waals surface area contributed by atoms with E-state index in [9.17, 15) is 24.1 Å². The first-order valence-corrected chi connectivity index (χ1v) is 11.2. The van der Waals surface area contributed by atoms with Crippen LogP contribution in [0.15, 0.2) is 71.6 Å². The van der Waals surface area contributed by atoms with Crippen LogP contribution in [0, 0.1) is 15.9 Å². The predicted molar refractivity (Wildman–Crippen MR) is 128 cm³/mol. The Morgan fingerprint density at radius 1 is 1.03 bits per heavy atom. The lowest BCUT2D eigenvalue weighted by Gasteiger charge is -2.13. The molecule has 1 aliphatic heterocycles. The quantitative estimate of drug-likeness (QED) is 0.230. The zero-order valence-electron chi connectivity index (χ0n) is 18.5. The second-order valence-electron chi connectivity index (χ2n) is 7.44. The van der Waals surface area contributed by atoms with Crippen LogP contribution in [-0.4, -0.2) is 28.1 Å². The van der Waals surface area contributed by atoms with E-state index in [4.69, 9.17) is 9.47 Å². The highest BCUT2D eigenvalue weighted by molar-refractivity contribution is 8.18. The van der Waals surface area contributed by atoms with Crippen molar-refractivity contribution < 1.29 is 28.4 Å². The first kappa shape index (κ1) is 24.0. The second-order valence-corrected chi connectivity index (χ2v) is 8.44. The summed E-state index contributed by atoms with van der Waals surface area (Å²) in [5.41, 5.74) is 1.08. The SMILES string of the molecule is COc1cc(/C=C2/SC(=O)N(Cc3ccccc3[N+](=O)[O-])C2=O)ccc1OCc1ccccc1F. The number of para-hydroxylation sites is 1. The Labute approximate surface area is 204 Å². The number of nitro benzene ring substituents is 1. The van der Waals surface area contributed by atoms with Crippen LogP contribution < -0.4 is 9.47 Å². The first-order chi connectivity index (χ1) is 16.9. The average molecular weight is 495 g/mol. The molecule has 1 fully saturated rings. The van der Waals surface area contributed by atoms with Crippen molar-refractivity contribution in [1.29, 1.82) is 0 Å². The molecule has 1 aliphatic rings. The van der Waals surface area contributed by atoms with Gasteiger partial charge in [0, 0.05) is 17.2 Å². The Hall–Kier alpha value is -4.18. The van der Waals surface area contributed by atoms with Gasteiger partial charge in [0.05, 0.1) is 23.5 Å². The van der Waals surface area contributed by atoms with Crippen LogP contribution in [0.2, 0.25) is 0 Å². The molecule has 0 saturated carbocycles. The number of benzene rings is 3.